The van der Waals surface area contributed by atoms with Crippen molar-refractivity contribution >= 4 is 6.09 Å². The van der Waals surface area contributed by atoms with Gasteiger partial charge in [-0.1, -0.05) is 30.3 Å². The monoisotopic (exact) mass is 302 g/mol. The fraction of sp³-hybridized carbons (Fsp3) is 0.611. The lowest BCUT2D eigenvalue weighted by Crippen LogP contribution is -2.44. The van der Waals surface area contributed by atoms with Gasteiger partial charge in [0, 0.05) is 18.1 Å². The number of alkyl carbamates (subject to hydrolysis) is 1. The van der Waals surface area contributed by atoms with Crippen LogP contribution >= 0.6 is 0 Å². The minimum Gasteiger partial charge on any atom is -0.444 e. The topological polar surface area (TPSA) is 50.4 Å². The van der Waals surface area contributed by atoms with Gasteiger partial charge in [0.1, 0.15) is 5.60 Å². The summed E-state index contributed by atoms with van der Waals surface area (Å²) in [5, 5.41) is 6.57. The SMILES string of the molecule is CC(C)(C)OC(=O)NC1CC1NC1CC(c2ccccc2)C1. The van der Waals surface area contributed by atoms with Crippen molar-refractivity contribution in [1.82, 2.24) is 10.6 Å². The summed E-state index contributed by atoms with van der Waals surface area (Å²) in [4.78, 5) is 11.7. The Kier molecular flexibility index (Phi) is 4.13. The number of hydrogen-bond donors (Lipinski definition) is 2. The molecular formula is C18H26N2O2. The predicted molar refractivity (Wildman–Crippen MR) is 86.9 cm³/mol. The number of rotatable bonds is 4. The summed E-state index contributed by atoms with van der Waals surface area (Å²) in [6, 6.07) is 11.9. The van der Waals surface area contributed by atoms with E-state index in [2.05, 4.69) is 41.0 Å². The smallest absolute Gasteiger partial charge is 0.407 e. The van der Waals surface area contributed by atoms with Crippen LogP contribution in [0.5, 0.6) is 0 Å². The maximum absolute atomic E-state index is 11.7. The van der Waals surface area contributed by atoms with Crippen LogP contribution in [0.25, 0.3) is 0 Å². The Hall–Kier alpha value is -1.55. The highest BCUT2D eigenvalue weighted by atomic mass is 16.6. The normalized spacial score (nSPS) is 30.3. The molecule has 0 heterocycles. The molecule has 0 saturated heterocycles. The molecule has 1 aromatic carbocycles. The highest BCUT2D eigenvalue weighted by Crippen LogP contribution is 2.38. The van der Waals surface area contributed by atoms with Gasteiger partial charge < -0.3 is 15.4 Å². The van der Waals surface area contributed by atoms with Crippen molar-refractivity contribution in [3.05, 3.63) is 35.9 Å². The van der Waals surface area contributed by atoms with Gasteiger partial charge in [-0.15, -0.1) is 0 Å². The number of benzene rings is 1. The number of carbonyl (C=O) groups excluding carboxylic acids is 1. The van der Waals surface area contributed by atoms with Crippen LogP contribution in [0.3, 0.4) is 0 Å². The van der Waals surface area contributed by atoms with E-state index < -0.39 is 5.60 Å². The van der Waals surface area contributed by atoms with Crippen LogP contribution in [0.1, 0.15) is 51.5 Å². The van der Waals surface area contributed by atoms with Gasteiger partial charge in [0.25, 0.3) is 0 Å². The Morgan fingerprint density at radius 2 is 1.77 bits per heavy atom. The highest BCUT2D eigenvalue weighted by Gasteiger charge is 2.42. The van der Waals surface area contributed by atoms with Crippen LogP contribution in [-0.2, 0) is 4.74 Å². The number of nitrogens with one attached hydrogen (secondary N) is 2. The van der Waals surface area contributed by atoms with Gasteiger partial charge in [0.15, 0.2) is 0 Å². The zero-order valence-corrected chi connectivity index (χ0v) is 13.6. The largest absolute Gasteiger partial charge is 0.444 e. The molecule has 2 unspecified atom stereocenters. The molecule has 22 heavy (non-hydrogen) atoms. The number of amides is 1. The van der Waals surface area contributed by atoms with E-state index in [9.17, 15) is 4.79 Å². The van der Waals surface area contributed by atoms with Gasteiger partial charge in [-0.05, 0) is 51.5 Å². The van der Waals surface area contributed by atoms with Crippen LogP contribution in [0.15, 0.2) is 30.3 Å². The Morgan fingerprint density at radius 3 is 2.41 bits per heavy atom. The van der Waals surface area contributed by atoms with Gasteiger partial charge in [0.05, 0.1) is 0 Å². The predicted octanol–water partition coefficient (Wildman–Crippen LogP) is 3.19. The average Bonchev–Trinajstić information content (AvgIpc) is 3.10. The average molecular weight is 302 g/mol. The first-order valence-electron chi connectivity index (χ1n) is 8.21. The molecule has 1 amide bonds. The van der Waals surface area contributed by atoms with E-state index in [1.165, 1.54) is 18.4 Å². The highest BCUT2D eigenvalue weighted by molar-refractivity contribution is 5.68. The lowest BCUT2D eigenvalue weighted by molar-refractivity contribution is 0.0521. The van der Waals surface area contributed by atoms with Crippen molar-refractivity contribution in [3.8, 4) is 0 Å². The lowest BCUT2D eigenvalue weighted by Gasteiger charge is -2.36. The second kappa shape index (κ2) is 5.92. The van der Waals surface area contributed by atoms with Gasteiger partial charge in [-0.3, -0.25) is 0 Å². The Bertz CT molecular complexity index is 518. The Morgan fingerprint density at radius 1 is 1.09 bits per heavy atom. The van der Waals surface area contributed by atoms with Gasteiger partial charge in [-0.2, -0.15) is 0 Å². The summed E-state index contributed by atoms with van der Waals surface area (Å²) in [5.41, 5.74) is 1.01. The van der Waals surface area contributed by atoms with Crippen molar-refractivity contribution in [3.63, 3.8) is 0 Å². The van der Waals surface area contributed by atoms with Gasteiger partial charge in [0.2, 0.25) is 0 Å². The van der Waals surface area contributed by atoms with E-state index in [1.54, 1.807) is 0 Å². The molecule has 2 aliphatic carbocycles. The van der Waals surface area contributed by atoms with E-state index in [1.807, 2.05) is 20.8 Å². The molecule has 2 atom stereocenters. The molecule has 2 saturated carbocycles. The van der Waals surface area contributed by atoms with Crippen LogP contribution in [0.4, 0.5) is 4.79 Å². The molecule has 0 bridgehead atoms. The number of carbonyl (C=O) groups is 1. The van der Waals surface area contributed by atoms with Crippen LogP contribution in [-0.4, -0.2) is 29.8 Å². The molecule has 0 radical (unpaired) electrons. The van der Waals surface area contributed by atoms with E-state index >= 15 is 0 Å². The van der Waals surface area contributed by atoms with Crippen molar-refractivity contribution in [2.45, 2.75) is 69.7 Å². The van der Waals surface area contributed by atoms with Crippen molar-refractivity contribution < 1.29 is 9.53 Å². The first-order valence-corrected chi connectivity index (χ1v) is 8.21. The molecule has 0 aliphatic heterocycles. The van der Waals surface area contributed by atoms with Gasteiger partial charge >= 0.3 is 6.09 Å². The van der Waals surface area contributed by atoms with Crippen LogP contribution < -0.4 is 10.6 Å². The zero-order valence-electron chi connectivity index (χ0n) is 13.6. The molecule has 0 spiro atoms. The van der Waals surface area contributed by atoms with Crippen LogP contribution in [0.2, 0.25) is 0 Å². The van der Waals surface area contributed by atoms with Crippen LogP contribution in [0, 0.1) is 0 Å². The number of ether oxygens (including phenoxy) is 1. The maximum atomic E-state index is 11.7. The Balaban J connectivity index is 1.35. The molecule has 4 nitrogen and oxygen atoms in total. The minimum absolute atomic E-state index is 0.227. The molecule has 2 fully saturated rings. The van der Waals surface area contributed by atoms with Crippen molar-refractivity contribution in [1.29, 1.82) is 0 Å². The Labute approximate surface area is 132 Å². The maximum Gasteiger partial charge on any atom is 0.407 e. The van der Waals surface area contributed by atoms with E-state index in [4.69, 9.17) is 4.74 Å². The van der Waals surface area contributed by atoms with Crippen molar-refractivity contribution in [2.24, 2.45) is 0 Å². The lowest BCUT2D eigenvalue weighted by atomic mass is 9.76. The number of hydrogen-bond acceptors (Lipinski definition) is 3. The van der Waals surface area contributed by atoms with E-state index in [-0.39, 0.29) is 12.1 Å². The summed E-state index contributed by atoms with van der Waals surface area (Å²) in [5.74, 6) is 0.690. The summed E-state index contributed by atoms with van der Waals surface area (Å²) in [6.07, 6.45) is 3.09. The summed E-state index contributed by atoms with van der Waals surface area (Å²) >= 11 is 0. The summed E-state index contributed by atoms with van der Waals surface area (Å²) < 4.78 is 5.28. The fourth-order valence-electron chi connectivity index (χ4n) is 3.05. The third kappa shape index (κ3) is 4.01. The first kappa shape index (κ1) is 15.3. The molecule has 2 N–H and O–H groups in total. The molecule has 2 aliphatic rings. The summed E-state index contributed by atoms with van der Waals surface area (Å²) in [6.45, 7) is 5.65. The zero-order chi connectivity index (χ0) is 15.7. The van der Waals surface area contributed by atoms with E-state index in [0.717, 1.165) is 6.42 Å². The minimum atomic E-state index is -0.432. The molecule has 4 heteroatoms. The standard InChI is InChI=1S/C18H26N2O2/c1-18(2,3)22-17(21)20-16-11-15(16)19-14-9-13(10-14)12-7-5-4-6-8-12/h4-8,13-16,19H,9-11H2,1-3H3,(H,20,21). The molecule has 3 rings (SSSR count). The second-order valence-corrected chi connectivity index (χ2v) is 7.54. The fourth-order valence-corrected chi connectivity index (χ4v) is 3.05. The van der Waals surface area contributed by atoms with E-state index in [0.29, 0.717) is 18.0 Å². The van der Waals surface area contributed by atoms with Crippen molar-refractivity contribution in [2.75, 3.05) is 0 Å². The molecule has 0 aromatic heterocycles. The first-order chi connectivity index (χ1) is 10.4. The molecule has 120 valence electrons. The second-order valence-electron chi connectivity index (χ2n) is 7.54. The van der Waals surface area contributed by atoms with Gasteiger partial charge in [-0.25, -0.2) is 4.79 Å². The third-order valence-corrected chi connectivity index (χ3v) is 4.35. The molecular weight excluding hydrogens is 276 g/mol. The quantitative estimate of drug-likeness (QED) is 0.898. The molecule has 1 aromatic rings. The third-order valence-electron chi connectivity index (χ3n) is 4.35. The summed E-state index contributed by atoms with van der Waals surface area (Å²) in [7, 11) is 0.